The Labute approximate surface area is 95.6 Å². The van der Waals surface area contributed by atoms with Crippen molar-refractivity contribution in [3.8, 4) is 5.75 Å². The van der Waals surface area contributed by atoms with E-state index in [1.165, 1.54) is 0 Å². The van der Waals surface area contributed by atoms with Gasteiger partial charge in [0.05, 0.1) is 23.0 Å². The van der Waals surface area contributed by atoms with Gasteiger partial charge in [0.25, 0.3) is 0 Å². The highest BCUT2D eigenvalue weighted by Crippen LogP contribution is 2.35. The van der Waals surface area contributed by atoms with Gasteiger partial charge in [0.2, 0.25) is 0 Å². The summed E-state index contributed by atoms with van der Waals surface area (Å²) in [5.74, 6) is 0.854. The van der Waals surface area contributed by atoms with Gasteiger partial charge in [-0.3, -0.25) is 4.79 Å². The summed E-state index contributed by atoms with van der Waals surface area (Å²) in [5.41, 5.74) is 1.66. The van der Waals surface area contributed by atoms with Crippen LogP contribution in [0.3, 0.4) is 0 Å². The van der Waals surface area contributed by atoms with Gasteiger partial charge in [0.1, 0.15) is 5.75 Å². The molecule has 1 N–H and O–H groups in total. The highest BCUT2D eigenvalue weighted by molar-refractivity contribution is 7.25. The summed E-state index contributed by atoms with van der Waals surface area (Å²) in [6, 6.07) is 7.82. The summed E-state index contributed by atoms with van der Waals surface area (Å²) in [5, 5.41) is 1.13. The Bertz CT molecular complexity index is 681. The number of benzene rings is 1. The van der Waals surface area contributed by atoms with Crippen LogP contribution in [0.5, 0.6) is 5.75 Å². The molecule has 0 saturated heterocycles. The second-order valence-electron chi connectivity index (χ2n) is 3.55. The number of H-pyrrole nitrogens is 1. The van der Waals surface area contributed by atoms with E-state index in [1.807, 2.05) is 24.3 Å². The maximum Gasteiger partial charge on any atom is 0.166 e. The van der Waals surface area contributed by atoms with Crippen LogP contribution < -0.4 is 4.74 Å². The number of nitrogens with one attached hydrogen (secondary N) is 1. The lowest BCUT2D eigenvalue weighted by molar-refractivity contribution is 0.112. The van der Waals surface area contributed by atoms with Crippen LogP contribution in [0.15, 0.2) is 24.3 Å². The molecule has 0 radical (unpaired) electrons. The van der Waals surface area contributed by atoms with Gasteiger partial charge in [-0.25, -0.2) is 0 Å². The number of aromatic amines is 1. The molecule has 3 nitrogen and oxygen atoms in total. The fourth-order valence-electron chi connectivity index (χ4n) is 1.84. The highest BCUT2D eigenvalue weighted by atomic mass is 32.1. The van der Waals surface area contributed by atoms with Crippen LogP contribution >= 0.6 is 11.3 Å². The molecule has 80 valence electrons. The lowest BCUT2D eigenvalue weighted by Gasteiger charge is -1.97. The molecule has 0 fully saturated rings. The number of aromatic nitrogens is 1. The Balaban J connectivity index is 2.35. The van der Waals surface area contributed by atoms with Crippen molar-refractivity contribution < 1.29 is 9.53 Å². The number of ether oxygens (including phenoxy) is 1. The number of methoxy groups -OCH3 is 1. The number of hydrogen-bond donors (Lipinski definition) is 1. The Kier molecular flexibility index (Phi) is 1.97. The van der Waals surface area contributed by atoms with E-state index in [9.17, 15) is 4.79 Å². The lowest BCUT2D eigenvalue weighted by Crippen LogP contribution is -1.80. The first kappa shape index (κ1) is 9.42. The topological polar surface area (TPSA) is 42.1 Å². The highest BCUT2D eigenvalue weighted by Gasteiger charge is 2.08. The van der Waals surface area contributed by atoms with Crippen molar-refractivity contribution in [1.82, 2.24) is 4.98 Å². The minimum Gasteiger partial charge on any atom is -0.497 e. The summed E-state index contributed by atoms with van der Waals surface area (Å²) >= 11 is 1.66. The largest absolute Gasteiger partial charge is 0.497 e. The van der Waals surface area contributed by atoms with Crippen LogP contribution in [-0.4, -0.2) is 18.4 Å². The zero-order valence-electron chi connectivity index (χ0n) is 8.61. The number of fused-ring (bicyclic) bond motifs is 3. The zero-order valence-corrected chi connectivity index (χ0v) is 9.43. The van der Waals surface area contributed by atoms with Gasteiger partial charge in [-0.1, -0.05) is 0 Å². The molecule has 0 unspecified atom stereocenters. The lowest BCUT2D eigenvalue weighted by atomic mass is 10.2. The van der Waals surface area contributed by atoms with Crippen LogP contribution in [0, 0.1) is 0 Å². The molecule has 0 spiro atoms. The quantitative estimate of drug-likeness (QED) is 0.688. The Morgan fingerprint density at radius 3 is 2.94 bits per heavy atom. The number of aldehydes is 1. The van der Waals surface area contributed by atoms with Crippen LogP contribution in [0.25, 0.3) is 20.3 Å². The summed E-state index contributed by atoms with van der Waals surface area (Å²) in [6.07, 6.45) is 0.835. The zero-order chi connectivity index (χ0) is 11.1. The van der Waals surface area contributed by atoms with Crippen LogP contribution in [0.2, 0.25) is 0 Å². The first-order valence-corrected chi connectivity index (χ1v) is 5.68. The summed E-state index contributed by atoms with van der Waals surface area (Å²) in [7, 11) is 1.66. The maximum atomic E-state index is 10.7. The number of rotatable bonds is 2. The van der Waals surface area contributed by atoms with Gasteiger partial charge in [-0.05, 0) is 24.3 Å². The molecule has 0 aliphatic carbocycles. The monoisotopic (exact) mass is 231 g/mol. The van der Waals surface area contributed by atoms with Gasteiger partial charge < -0.3 is 9.72 Å². The smallest absolute Gasteiger partial charge is 0.166 e. The van der Waals surface area contributed by atoms with E-state index < -0.39 is 0 Å². The van der Waals surface area contributed by atoms with Gasteiger partial charge >= 0.3 is 0 Å². The second-order valence-corrected chi connectivity index (χ2v) is 4.63. The fourth-order valence-corrected chi connectivity index (χ4v) is 2.98. The molecule has 0 saturated carbocycles. The number of carbonyl (C=O) groups is 1. The molecule has 0 atom stereocenters. The third-order valence-electron chi connectivity index (χ3n) is 2.61. The molecule has 4 heteroatoms. The van der Waals surface area contributed by atoms with Gasteiger partial charge in [0, 0.05) is 10.1 Å². The molecular weight excluding hydrogens is 222 g/mol. The Morgan fingerprint density at radius 2 is 2.19 bits per heavy atom. The Morgan fingerprint density at radius 1 is 1.31 bits per heavy atom. The molecule has 0 amide bonds. The number of thiophene rings is 1. The number of carbonyl (C=O) groups excluding carboxylic acids is 1. The van der Waals surface area contributed by atoms with E-state index in [1.54, 1.807) is 18.4 Å². The normalized spacial score (nSPS) is 11.1. The predicted octanol–water partition coefficient (Wildman–Crippen LogP) is 3.20. The predicted molar refractivity (Wildman–Crippen MR) is 65.6 cm³/mol. The molecule has 0 aliphatic heterocycles. The van der Waals surface area contributed by atoms with Crippen molar-refractivity contribution in [1.29, 1.82) is 0 Å². The van der Waals surface area contributed by atoms with E-state index >= 15 is 0 Å². The summed E-state index contributed by atoms with van der Waals surface area (Å²) in [4.78, 5) is 13.8. The first-order chi connectivity index (χ1) is 7.81. The van der Waals surface area contributed by atoms with Crippen molar-refractivity contribution in [3.05, 3.63) is 30.0 Å². The van der Waals surface area contributed by atoms with Gasteiger partial charge in [0.15, 0.2) is 6.29 Å². The Hall–Kier alpha value is -1.81. The fraction of sp³-hybridized carbons (Fsp3) is 0.0833. The minimum absolute atomic E-state index is 0.624. The van der Waals surface area contributed by atoms with Gasteiger partial charge in [-0.15, -0.1) is 11.3 Å². The second kappa shape index (κ2) is 3.35. The first-order valence-electron chi connectivity index (χ1n) is 4.86. The van der Waals surface area contributed by atoms with Crippen LogP contribution in [0.4, 0.5) is 0 Å². The maximum absolute atomic E-state index is 10.7. The van der Waals surface area contributed by atoms with Crippen molar-refractivity contribution in [2.24, 2.45) is 0 Å². The van der Waals surface area contributed by atoms with E-state index in [2.05, 4.69) is 4.98 Å². The van der Waals surface area contributed by atoms with Gasteiger partial charge in [-0.2, -0.15) is 0 Å². The number of hydrogen-bond acceptors (Lipinski definition) is 3. The van der Waals surface area contributed by atoms with E-state index in [0.717, 1.165) is 32.3 Å². The van der Waals surface area contributed by atoms with E-state index in [4.69, 9.17) is 4.74 Å². The summed E-state index contributed by atoms with van der Waals surface area (Å²) in [6.45, 7) is 0. The minimum atomic E-state index is 0.624. The van der Waals surface area contributed by atoms with Crippen LogP contribution in [0.1, 0.15) is 10.5 Å². The third-order valence-corrected chi connectivity index (χ3v) is 3.71. The molecule has 2 aromatic heterocycles. The molecule has 0 bridgehead atoms. The molecule has 1 aromatic carbocycles. The molecule has 16 heavy (non-hydrogen) atoms. The molecule has 3 aromatic rings. The molecule has 0 aliphatic rings. The van der Waals surface area contributed by atoms with E-state index in [0.29, 0.717) is 5.69 Å². The molecule has 2 heterocycles. The van der Waals surface area contributed by atoms with E-state index in [-0.39, 0.29) is 0 Å². The third kappa shape index (κ3) is 1.23. The van der Waals surface area contributed by atoms with Crippen molar-refractivity contribution >= 4 is 37.9 Å². The average Bonchev–Trinajstić information content (AvgIpc) is 2.84. The van der Waals surface area contributed by atoms with Crippen molar-refractivity contribution in [3.63, 3.8) is 0 Å². The van der Waals surface area contributed by atoms with Crippen LogP contribution in [-0.2, 0) is 0 Å². The standard InChI is InChI=1S/C12H9NO2S/c1-15-8-2-3-9-10(5-8)16-11-4-7(6-14)13-12(9)11/h2-6,13H,1H3. The molecular formula is C12H9NO2S. The summed E-state index contributed by atoms with van der Waals surface area (Å²) < 4.78 is 7.45. The average molecular weight is 231 g/mol. The van der Waals surface area contributed by atoms with Crippen molar-refractivity contribution in [2.45, 2.75) is 0 Å². The molecule has 3 rings (SSSR count). The van der Waals surface area contributed by atoms with Crippen molar-refractivity contribution in [2.75, 3.05) is 7.11 Å². The SMILES string of the molecule is COc1ccc2c(c1)sc1cc(C=O)[nH]c12.